The Hall–Kier alpha value is -2.95. The van der Waals surface area contributed by atoms with E-state index >= 15 is 0 Å². The van der Waals surface area contributed by atoms with E-state index in [-0.39, 0.29) is 5.91 Å². The minimum absolute atomic E-state index is 0.346. The molecule has 4 heteroatoms. The first kappa shape index (κ1) is 21.9. The van der Waals surface area contributed by atoms with E-state index in [2.05, 4.69) is 43.6 Å². The van der Waals surface area contributed by atoms with Crippen molar-refractivity contribution in [1.29, 1.82) is 0 Å². The zero-order valence-corrected chi connectivity index (χ0v) is 19.4. The van der Waals surface area contributed by atoms with Crippen LogP contribution in [0.1, 0.15) is 22.3 Å². The van der Waals surface area contributed by atoms with Crippen molar-refractivity contribution < 1.29 is 14.4 Å². The molecule has 2 fully saturated rings. The van der Waals surface area contributed by atoms with Crippen molar-refractivity contribution in [2.24, 2.45) is 17.8 Å². The summed E-state index contributed by atoms with van der Waals surface area (Å²) in [6, 6.07) is 27.3. The standard InChI is InChI=1S/C29H32N2O2/c1-21-13-15-22(16-14-21)18-31(2)19-26-25(27(26)20-31)17-30-28(32)29(33,23-9-5-3-6-10-23)24-11-7-4-8-12-24/h3-16,25-27,33H,17-20H2,1-2H3/p+1. The van der Waals surface area contributed by atoms with E-state index in [1.54, 1.807) is 0 Å². The molecule has 3 aromatic carbocycles. The van der Waals surface area contributed by atoms with E-state index < -0.39 is 5.60 Å². The Balaban J connectivity index is 1.22. The Morgan fingerprint density at radius 2 is 1.42 bits per heavy atom. The highest BCUT2D eigenvalue weighted by Gasteiger charge is 2.61. The number of aliphatic hydroxyl groups is 1. The van der Waals surface area contributed by atoms with Gasteiger partial charge in [-0.15, -0.1) is 0 Å². The molecule has 33 heavy (non-hydrogen) atoms. The van der Waals surface area contributed by atoms with Gasteiger partial charge in [-0.25, -0.2) is 0 Å². The van der Waals surface area contributed by atoms with Gasteiger partial charge in [0.1, 0.15) is 6.54 Å². The largest absolute Gasteiger partial charge is 0.372 e. The van der Waals surface area contributed by atoms with Gasteiger partial charge >= 0.3 is 0 Å². The zero-order valence-electron chi connectivity index (χ0n) is 19.4. The fourth-order valence-electron chi connectivity index (χ4n) is 5.85. The molecule has 1 heterocycles. The predicted octanol–water partition coefficient (Wildman–Crippen LogP) is 3.87. The minimum atomic E-state index is -1.69. The van der Waals surface area contributed by atoms with Gasteiger partial charge < -0.3 is 14.9 Å². The van der Waals surface area contributed by atoms with Crippen LogP contribution in [0.5, 0.6) is 0 Å². The van der Waals surface area contributed by atoms with Crippen molar-refractivity contribution in [3.8, 4) is 0 Å². The third-order valence-electron chi connectivity index (χ3n) is 7.71. The summed E-state index contributed by atoms with van der Waals surface area (Å²) in [7, 11) is 2.35. The van der Waals surface area contributed by atoms with Crippen LogP contribution in [0.4, 0.5) is 0 Å². The molecule has 5 rings (SSSR count). The summed E-state index contributed by atoms with van der Waals surface area (Å²) in [4.78, 5) is 13.3. The van der Waals surface area contributed by atoms with E-state index in [1.807, 2.05) is 60.7 Å². The lowest BCUT2D eigenvalue weighted by atomic mass is 9.85. The number of quaternary nitrogens is 1. The highest BCUT2D eigenvalue weighted by Crippen LogP contribution is 2.54. The van der Waals surface area contributed by atoms with E-state index in [0.717, 1.165) is 24.1 Å². The molecule has 0 spiro atoms. The number of amides is 1. The number of fused-ring (bicyclic) bond motifs is 1. The van der Waals surface area contributed by atoms with Crippen molar-refractivity contribution in [3.63, 3.8) is 0 Å². The first-order valence-electron chi connectivity index (χ1n) is 11.9. The normalized spacial score (nSPS) is 26.0. The Kier molecular flexibility index (Phi) is 5.59. The molecule has 1 aliphatic carbocycles. The van der Waals surface area contributed by atoms with E-state index in [4.69, 9.17) is 0 Å². The van der Waals surface area contributed by atoms with Crippen molar-refractivity contribution in [2.75, 3.05) is 26.7 Å². The number of hydrogen-bond acceptors (Lipinski definition) is 2. The number of nitrogens with one attached hydrogen (secondary N) is 1. The minimum Gasteiger partial charge on any atom is -0.372 e. The number of likely N-dealkylation sites (tertiary alicyclic amines) is 1. The fraction of sp³-hybridized carbons (Fsp3) is 0.345. The monoisotopic (exact) mass is 441 g/mol. The second kappa shape index (κ2) is 8.44. The van der Waals surface area contributed by atoms with Crippen molar-refractivity contribution in [1.82, 2.24) is 5.32 Å². The first-order valence-corrected chi connectivity index (χ1v) is 11.9. The first-order chi connectivity index (χ1) is 15.9. The molecular weight excluding hydrogens is 408 g/mol. The van der Waals surface area contributed by atoms with Crippen LogP contribution < -0.4 is 5.32 Å². The van der Waals surface area contributed by atoms with Crippen molar-refractivity contribution in [3.05, 3.63) is 107 Å². The number of aryl methyl sites for hydroxylation is 1. The third-order valence-corrected chi connectivity index (χ3v) is 7.71. The average Bonchev–Trinajstić information content (AvgIpc) is 3.33. The van der Waals surface area contributed by atoms with Crippen LogP contribution in [0.3, 0.4) is 0 Å². The van der Waals surface area contributed by atoms with Crippen LogP contribution in [0, 0.1) is 24.7 Å². The number of carbonyl (C=O) groups excluding carboxylic acids is 1. The SMILES string of the molecule is Cc1ccc(C[N+]2(C)CC3C(CNC(=O)C(O)(c4ccccc4)c4ccccc4)C3C2)cc1. The Labute approximate surface area is 196 Å². The van der Waals surface area contributed by atoms with Gasteiger partial charge in [-0.1, -0.05) is 90.5 Å². The lowest BCUT2D eigenvalue weighted by Crippen LogP contribution is -2.47. The van der Waals surface area contributed by atoms with Crippen LogP contribution in [-0.4, -0.2) is 42.2 Å². The number of nitrogens with zero attached hydrogens (tertiary/aromatic N) is 1. The Bertz CT molecular complexity index is 1060. The average molecular weight is 442 g/mol. The van der Waals surface area contributed by atoms with Gasteiger partial charge in [0.2, 0.25) is 0 Å². The lowest BCUT2D eigenvalue weighted by molar-refractivity contribution is -0.916. The van der Waals surface area contributed by atoms with Crippen LogP contribution in [0.2, 0.25) is 0 Å². The summed E-state index contributed by atoms with van der Waals surface area (Å²) in [5.74, 6) is 1.47. The lowest BCUT2D eigenvalue weighted by Gasteiger charge is -2.33. The molecule has 3 aromatic rings. The maximum Gasteiger partial charge on any atom is 0.261 e. The van der Waals surface area contributed by atoms with Crippen LogP contribution in [-0.2, 0) is 16.9 Å². The van der Waals surface area contributed by atoms with E-state index in [0.29, 0.717) is 35.4 Å². The molecule has 0 aromatic heterocycles. The number of hydrogen-bond donors (Lipinski definition) is 2. The van der Waals surface area contributed by atoms with E-state index in [9.17, 15) is 9.90 Å². The molecule has 1 amide bonds. The molecule has 4 nitrogen and oxygen atoms in total. The smallest absolute Gasteiger partial charge is 0.261 e. The fourth-order valence-corrected chi connectivity index (χ4v) is 5.85. The number of benzene rings is 3. The quantitative estimate of drug-likeness (QED) is 0.547. The summed E-state index contributed by atoms with van der Waals surface area (Å²) >= 11 is 0. The topological polar surface area (TPSA) is 49.3 Å². The maximum atomic E-state index is 13.3. The summed E-state index contributed by atoms with van der Waals surface area (Å²) in [6.45, 7) is 6.12. The zero-order chi connectivity index (χ0) is 23.1. The molecule has 2 unspecified atom stereocenters. The summed E-state index contributed by atoms with van der Waals surface area (Å²) in [5.41, 5.74) is 2.18. The van der Waals surface area contributed by atoms with Crippen molar-refractivity contribution >= 4 is 5.91 Å². The molecule has 2 N–H and O–H groups in total. The number of piperidine rings is 1. The predicted molar refractivity (Wildman–Crippen MR) is 130 cm³/mol. The third kappa shape index (κ3) is 4.21. The molecule has 0 bridgehead atoms. The summed E-state index contributed by atoms with van der Waals surface area (Å²) in [6.07, 6.45) is 0. The maximum absolute atomic E-state index is 13.3. The molecule has 170 valence electrons. The van der Waals surface area contributed by atoms with Gasteiger partial charge in [-0.3, -0.25) is 4.79 Å². The van der Waals surface area contributed by atoms with Crippen LogP contribution in [0.15, 0.2) is 84.9 Å². The van der Waals surface area contributed by atoms with Crippen LogP contribution >= 0.6 is 0 Å². The highest BCUT2D eigenvalue weighted by molar-refractivity contribution is 5.90. The van der Waals surface area contributed by atoms with Gasteiger partial charge in [0, 0.05) is 23.9 Å². The van der Waals surface area contributed by atoms with E-state index in [1.165, 1.54) is 11.1 Å². The molecule has 0 radical (unpaired) electrons. The summed E-state index contributed by atoms with van der Waals surface area (Å²) in [5, 5.41) is 14.7. The molecule has 2 atom stereocenters. The second-order valence-electron chi connectivity index (χ2n) is 10.3. The second-order valence-corrected chi connectivity index (χ2v) is 10.3. The number of rotatable bonds is 7. The van der Waals surface area contributed by atoms with Gasteiger partial charge in [-0.05, 0) is 24.0 Å². The molecule has 1 aliphatic heterocycles. The van der Waals surface area contributed by atoms with Gasteiger partial charge in [0.15, 0.2) is 5.60 Å². The molecule has 1 saturated carbocycles. The number of carbonyl (C=O) groups is 1. The Morgan fingerprint density at radius 1 is 0.909 bits per heavy atom. The van der Waals surface area contributed by atoms with Gasteiger partial charge in [0.25, 0.3) is 5.91 Å². The molecular formula is C29H33N2O2+. The van der Waals surface area contributed by atoms with Crippen molar-refractivity contribution in [2.45, 2.75) is 19.1 Å². The summed E-state index contributed by atoms with van der Waals surface area (Å²) < 4.78 is 1.07. The van der Waals surface area contributed by atoms with Gasteiger partial charge in [0.05, 0.1) is 20.1 Å². The van der Waals surface area contributed by atoms with Crippen LogP contribution in [0.25, 0.3) is 0 Å². The highest BCUT2D eigenvalue weighted by atomic mass is 16.3. The Morgan fingerprint density at radius 3 is 1.94 bits per heavy atom. The molecule has 1 saturated heterocycles. The van der Waals surface area contributed by atoms with Gasteiger partial charge in [-0.2, -0.15) is 0 Å². The molecule has 2 aliphatic rings.